The largest absolute Gasteiger partial charge is 0.480 e. The Morgan fingerprint density at radius 1 is 1.69 bits per heavy atom. The fraction of sp³-hybridized carbons (Fsp3) is 0.714. The van der Waals surface area contributed by atoms with E-state index in [4.69, 9.17) is 5.11 Å². The van der Waals surface area contributed by atoms with Crippen LogP contribution in [0.1, 0.15) is 32.0 Å². The van der Waals surface area contributed by atoms with E-state index in [0.29, 0.717) is 5.82 Å². The zero-order valence-electron chi connectivity index (χ0n) is 7.64. The molecule has 6 heteroatoms. The first-order chi connectivity index (χ1) is 6.15. The Balaban J connectivity index is 2.82. The molecule has 1 heterocycles. The Hall–Kier alpha value is -1.46. The van der Waals surface area contributed by atoms with E-state index in [-0.39, 0.29) is 12.5 Å². The Labute approximate surface area is 75.6 Å². The summed E-state index contributed by atoms with van der Waals surface area (Å²) in [6.45, 7) is 3.79. The molecule has 0 saturated heterocycles. The van der Waals surface area contributed by atoms with Crippen LogP contribution in [0.2, 0.25) is 0 Å². The third-order valence-electron chi connectivity index (χ3n) is 1.90. The zero-order valence-corrected chi connectivity index (χ0v) is 7.64. The van der Waals surface area contributed by atoms with Crippen molar-refractivity contribution in [2.24, 2.45) is 0 Å². The third-order valence-corrected chi connectivity index (χ3v) is 1.90. The quantitative estimate of drug-likeness (QED) is 0.726. The van der Waals surface area contributed by atoms with E-state index in [0.717, 1.165) is 6.42 Å². The van der Waals surface area contributed by atoms with E-state index < -0.39 is 5.97 Å². The maximum absolute atomic E-state index is 10.4. The first kappa shape index (κ1) is 9.63. The van der Waals surface area contributed by atoms with Crippen LogP contribution in [-0.4, -0.2) is 31.3 Å². The summed E-state index contributed by atoms with van der Waals surface area (Å²) in [5.74, 6) is -0.115. The minimum atomic E-state index is -0.933. The molecule has 0 aliphatic carbocycles. The van der Waals surface area contributed by atoms with Crippen molar-refractivity contribution >= 4 is 5.97 Å². The SMILES string of the molecule is CCC(C)c1nnnn1CC(=O)O. The molecule has 0 aromatic carbocycles. The summed E-state index contributed by atoms with van der Waals surface area (Å²) in [4.78, 5) is 10.4. The maximum atomic E-state index is 10.4. The van der Waals surface area contributed by atoms with Crippen LogP contribution < -0.4 is 0 Å². The third kappa shape index (κ3) is 2.24. The molecule has 72 valence electrons. The summed E-state index contributed by atoms with van der Waals surface area (Å²) in [7, 11) is 0. The molecule has 0 saturated carbocycles. The van der Waals surface area contributed by atoms with Crippen LogP contribution in [0.4, 0.5) is 0 Å². The molecule has 0 bridgehead atoms. The lowest BCUT2D eigenvalue weighted by Gasteiger charge is -2.06. The van der Waals surface area contributed by atoms with Crippen LogP contribution in [0.25, 0.3) is 0 Å². The van der Waals surface area contributed by atoms with Gasteiger partial charge >= 0.3 is 5.97 Å². The number of nitrogens with zero attached hydrogens (tertiary/aromatic N) is 4. The summed E-state index contributed by atoms with van der Waals surface area (Å²) in [5.41, 5.74) is 0. The van der Waals surface area contributed by atoms with Gasteiger partial charge < -0.3 is 5.11 Å². The molecule has 1 rings (SSSR count). The molecule has 0 fully saturated rings. The number of hydrogen-bond donors (Lipinski definition) is 1. The van der Waals surface area contributed by atoms with Crippen molar-refractivity contribution in [3.8, 4) is 0 Å². The molecule has 6 nitrogen and oxygen atoms in total. The Bertz CT molecular complexity index is 296. The van der Waals surface area contributed by atoms with Crippen molar-refractivity contribution in [2.45, 2.75) is 32.7 Å². The van der Waals surface area contributed by atoms with Gasteiger partial charge in [-0.3, -0.25) is 4.79 Å². The highest BCUT2D eigenvalue weighted by Gasteiger charge is 2.14. The summed E-state index contributed by atoms with van der Waals surface area (Å²) in [6.07, 6.45) is 0.889. The van der Waals surface area contributed by atoms with Gasteiger partial charge in [0.05, 0.1) is 0 Å². The average Bonchev–Trinajstić information content (AvgIpc) is 2.50. The lowest BCUT2D eigenvalue weighted by molar-refractivity contribution is -0.138. The second-order valence-electron chi connectivity index (χ2n) is 2.90. The van der Waals surface area contributed by atoms with Gasteiger partial charge in [0.25, 0.3) is 0 Å². The van der Waals surface area contributed by atoms with E-state index in [2.05, 4.69) is 15.5 Å². The van der Waals surface area contributed by atoms with Crippen LogP contribution in [-0.2, 0) is 11.3 Å². The number of carboxylic acids is 1. The van der Waals surface area contributed by atoms with Crippen LogP contribution in [0, 0.1) is 0 Å². The minimum absolute atomic E-state index is 0.174. The van der Waals surface area contributed by atoms with Crippen molar-refractivity contribution in [1.82, 2.24) is 20.2 Å². The first-order valence-electron chi connectivity index (χ1n) is 4.13. The summed E-state index contributed by atoms with van der Waals surface area (Å²) in [6, 6.07) is 0. The molecule has 1 atom stereocenters. The Kier molecular flexibility index (Phi) is 2.94. The number of carbonyl (C=O) groups is 1. The van der Waals surface area contributed by atoms with Crippen molar-refractivity contribution < 1.29 is 9.90 Å². The van der Waals surface area contributed by atoms with Crippen molar-refractivity contribution in [1.29, 1.82) is 0 Å². The van der Waals surface area contributed by atoms with Gasteiger partial charge in [0.15, 0.2) is 5.82 Å². The molecule has 0 aliphatic rings. The molecule has 0 aliphatic heterocycles. The van der Waals surface area contributed by atoms with E-state index in [1.165, 1.54) is 4.68 Å². The fourth-order valence-electron chi connectivity index (χ4n) is 0.988. The topological polar surface area (TPSA) is 80.9 Å². The molecule has 0 spiro atoms. The number of aliphatic carboxylic acids is 1. The van der Waals surface area contributed by atoms with Gasteiger partial charge in [0, 0.05) is 5.92 Å². The molecular formula is C7H12N4O2. The average molecular weight is 184 g/mol. The van der Waals surface area contributed by atoms with Gasteiger partial charge in [-0.1, -0.05) is 13.8 Å². The lowest BCUT2D eigenvalue weighted by atomic mass is 10.1. The highest BCUT2D eigenvalue weighted by Crippen LogP contribution is 2.13. The lowest BCUT2D eigenvalue weighted by Crippen LogP contribution is -2.14. The molecule has 1 unspecified atom stereocenters. The van der Waals surface area contributed by atoms with Gasteiger partial charge in [0.1, 0.15) is 6.54 Å². The molecular weight excluding hydrogens is 172 g/mol. The van der Waals surface area contributed by atoms with E-state index in [1.54, 1.807) is 0 Å². The van der Waals surface area contributed by atoms with Gasteiger partial charge in [-0.2, -0.15) is 0 Å². The van der Waals surface area contributed by atoms with Gasteiger partial charge in [0.2, 0.25) is 0 Å². The van der Waals surface area contributed by atoms with Crippen molar-refractivity contribution in [3.05, 3.63) is 5.82 Å². The fourth-order valence-corrected chi connectivity index (χ4v) is 0.988. The normalized spacial score (nSPS) is 12.8. The van der Waals surface area contributed by atoms with E-state index >= 15 is 0 Å². The summed E-state index contributed by atoms with van der Waals surface area (Å²) in [5, 5.41) is 19.4. The highest BCUT2D eigenvalue weighted by molar-refractivity contribution is 5.66. The smallest absolute Gasteiger partial charge is 0.325 e. The molecule has 13 heavy (non-hydrogen) atoms. The van der Waals surface area contributed by atoms with Crippen LogP contribution in [0.5, 0.6) is 0 Å². The second-order valence-corrected chi connectivity index (χ2v) is 2.90. The number of rotatable bonds is 4. The van der Waals surface area contributed by atoms with E-state index in [1.807, 2.05) is 13.8 Å². The summed E-state index contributed by atoms with van der Waals surface area (Å²) >= 11 is 0. The van der Waals surface area contributed by atoms with Crippen LogP contribution in [0.3, 0.4) is 0 Å². The number of hydrogen-bond acceptors (Lipinski definition) is 4. The van der Waals surface area contributed by atoms with Gasteiger partial charge in [-0.05, 0) is 16.8 Å². The van der Waals surface area contributed by atoms with Gasteiger partial charge in [-0.25, -0.2) is 4.68 Å². The monoisotopic (exact) mass is 184 g/mol. The highest BCUT2D eigenvalue weighted by atomic mass is 16.4. The van der Waals surface area contributed by atoms with Crippen LogP contribution in [0.15, 0.2) is 0 Å². The van der Waals surface area contributed by atoms with Crippen LogP contribution >= 0.6 is 0 Å². The standard InChI is InChI=1S/C7H12N4O2/c1-3-5(2)7-8-9-10-11(7)4-6(12)13/h5H,3-4H2,1-2H3,(H,12,13). The predicted molar refractivity (Wildman–Crippen MR) is 44.2 cm³/mol. The molecule has 1 N–H and O–H groups in total. The Morgan fingerprint density at radius 3 is 2.92 bits per heavy atom. The predicted octanol–water partition coefficient (Wildman–Crippen LogP) is 0.271. The number of tetrazole rings is 1. The second kappa shape index (κ2) is 3.97. The molecule has 0 amide bonds. The number of carboxylic acid groups (broad SMARTS) is 1. The maximum Gasteiger partial charge on any atom is 0.325 e. The Morgan fingerprint density at radius 2 is 2.38 bits per heavy atom. The van der Waals surface area contributed by atoms with Crippen molar-refractivity contribution in [3.63, 3.8) is 0 Å². The zero-order chi connectivity index (χ0) is 9.84. The van der Waals surface area contributed by atoms with E-state index in [9.17, 15) is 4.79 Å². The molecule has 0 radical (unpaired) electrons. The molecule has 1 aromatic heterocycles. The van der Waals surface area contributed by atoms with Gasteiger partial charge in [-0.15, -0.1) is 5.10 Å². The van der Waals surface area contributed by atoms with Crippen molar-refractivity contribution in [2.75, 3.05) is 0 Å². The first-order valence-corrected chi connectivity index (χ1v) is 4.13. The summed E-state index contributed by atoms with van der Waals surface area (Å²) < 4.78 is 1.32. The number of aromatic nitrogens is 4. The minimum Gasteiger partial charge on any atom is -0.480 e. The molecule has 1 aromatic rings.